The van der Waals surface area contributed by atoms with Gasteiger partial charge in [0.2, 0.25) is 0 Å². The molecule has 0 aliphatic heterocycles. The zero-order valence-corrected chi connectivity index (χ0v) is 10.1. The van der Waals surface area contributed by atoms with Crippen LogP contribution in [0, 0.1) is 6.92 Å². The van der Waals surface area contributed by atoms with Gasteiger partial charge < -0.3 is 0 Å². The first-order valence-electron chi connectivity index (χ1n) is 1.71. The Morgan fingerprint density at radius 1 is 1.12 bits per heavy atom. The Morgan fingerprint density at radius 3 is 1.25 bits per heavy atom. The Kier molecular flexibility index (Phi) is 158. The standard InChI is InChI=1S/C4H9.3ClH.Sn/c1-3-4-2;;;;/h1,3-4H2,2H3;3*1H;. The third-order valence-electron chi connectivity index (χ3n) is 0.354. The van der Waals surface area contributed by atoms with Crippen LogP contribution in [0.5, 0.6) is 0 Å². The molecule has 4 heteroatoms. The van der Waals surface area contributed by atoms with Crippen LogP contribution in [0.15, 0.2) is 0 Å². The van der Waals surface area contributed by atoms with Gasteiger partial charge in [-0.1, -0.05) is 26.7 Å². The summed E-state index contributed by atoms with van der Waals surface area (Å²) >= 11 is 0. The molecule has 0 aliphatic rings. The predicted octanol–water partition coefficient (Wildman–Crippen LogP) is 2.51. The fraction of sp³-hybridized carbons (Fsp3) is 0.750. The Bertz CT molecular complexity index is 13.2. The van der Waals surface area contributed by atoms with E-state index in [0.717, 1.165) is 6.42 Å². The number of rotatable bonds is 1. The van der Waals surface area contributed by atoms with Crippen molar-refractivity contribution in [1.29, 1.82) is 0 Å². The van der Waals surface area contributed by atoms with Crippen molar-refractivity contribution < 1.29 is 0 Å². The molecule has 0 aliphatic carbocycles. The number of halogens is 3. The van der Waals surface area contributed by atoms with Crippen LogP contribution in [0.25, 0.3) is 0 Å². The van der Waals surface area contributed by atoms with E-state index in [1.165, 1.54) is 6.42 Å². The van der Waals surface area contributed by atoms with Gasteiger partial charge >= 0.3 is 0 Å². The molecule has 0 amide bonds. The molecular weight excluding hydrogens is 273 g/mol. The first kappa shape index (κ1) is 33.3. The van der Waals surface area contributed by atoms with Crippen molar-refractivity contribution in [3.63, 3.8) is 0 Å². The van der Waals surface area contributed by atoms with E-state index >= 15 is 0 Å². The van der Waals surface area contributed by atoms with E-state index in [0.29, 0.717) is 0 Å². The summed E-state index contributed by atoms with van der Waals surface area (Å²) in [5, 5.41) is 0. The van der Waals surface area contributed by atoms with Gasteiger partial charge in [0, 0.05) is 23.9 Å². The summed E-state index contributed by atoms with van der Waals surface area (Å²) in [6.45, 7) is 5.72. The maximum absolute atomic E-state index is 3.60. The van der Waals surface area contributed by atoms with E-state index in [-0.39, 0.29) is 61.1 Å². The molecule has 0 aromatic rings. The summed E-state index contributed by atoms with van der Waals surface area (Å²) < 4.78 is 0. The predicted molar refractivity (Wildman–Crippen MR) is 47.8 cm³/mol. The third-order valence-corrected chi connectivity index (χ3v) is 0.354. The largest absolute Gasteiger partial charge is 0.147 e. The molecule has 0 unspecified atom stereocenters. The van der Waals surface area contributed by atoms with Gasteiger partial charge in [0.05, 0.1) is 0 Å². The monoisotopic (exact) mass is 285 g/mol. The second kappa shape index (κ2) is 37.9. The normalized spacial score (nSPS) is 3.75. The smallest absolute Gasteiger partial charge is 0 e. The first-order chi connectivity index (χ1) is 1.91. The van der Waals surface area contributed by atoms with E-state index in [4.69, 9.17) is 0 Å². The fourth-order valence-electron chi connectivity index (χ4n) is 0. The minimum absolute atomic E-state index is 0. The summed E-state index contributed by atoms with van der Waals surface area (Å²) in [5.74, 6) is 0. The molecule has 0 bridgehead atoms. The Hall–Kier alpha value is 1.67. The van der Waals surface area contributed by atoms with Gasteiger partial charge in [-0.2, -0.15) is 0 Å². The average Bonchev–Trinajstić information content (AvgIpc) is 1.37. The number of hydrogen-bond donors (Lipinski definition) is 0. The van der Waals surface area contributed by atoms with E-state index in [2.05, 4.69) is 13.8 Å². The minimum atomic E-state index is 0. The van der Waals surface area contributed by atoms with Crippen LogP contribution in [0.3, 0.4) is 0 Å². The molecule has 0 rings (SSSR count). The molecule has 0 aromatic heterocycles. The number of hydrogen-bond acceptors (Lipinski definition) is 0. The Balaban J connectivity index is -0.00000000750. The molecule has 0 aromatic carbocycles. The van der Waals surface area contributed by atoms with Crippen LogP contribution in [0.1, 0.15) is 19.8 Å². The molecule has 0 spiro atoms. The Labute approximate surface area is 87.4 Å². The van der Waals surface area contributed by atoms with E-state index in [1.54, 1.807) is 0 Å². The summed E-state index contributed by atoms with van der Waals surface area (Å²) in [5.41, 5.74) is 0. The van der Waals surface area contributed by atoms with Crippen LogP contribution < -0.4 is 0 Å². The maximum atomic E-state index is 3.60. The van der Waals surface area contributed by atoms with E-state index in [9.17, 15) is 0 Å². The summed E-state index contributed by atoms with van der Waals surface area (Å²) in [7, 11) is 0. The van der Waals surface area contributed by atoms with Crippen molar-refractivity contribution in [2.75, 3.05) is 0 Å². The molecule has 8 heavy (non-hydrogen) atoms. The average molecular weight is 285 g/mol. The molecule has 0 atom stereocenters. The van der Waals surface area contributed by atoms with E-state index in [1.807, 2.05) is 0 Å². The van der Waals surface area contributed by atoms with Gasteiger partial charge in [-0.25, -0.2) is 0 Å². The van der Waals surface area contributed by atoms with Crippen LogP contribution >= 0.6 is 37.2 Å². The van der Waals surface area contributed by atoms with Crippen molar-refractivity contribution >= 4 is 61.1 Å². The van der Waals surface area contributed by atoms with Gasteiger partial charge in [-0.3, -0.25) is 0 Å². The van der Waals surface area contributed by atoms with Crippen molar-refractivity contribution in [2.45, 2.75) is 19.8 Å². The summed E-state index contributed by atoms with van der Waals surface area (Å²) in [6.07, 6.45) is 2.28. The maximum Gasteiger partial charge on any atom is 0 e. The molecule has 53 valence electrons. The molecule has 0 fully saturated rings. The summed E-state index contributed by atoms with van der Waals surface area (Å²) in [4.78, 5) is 0. The van der Waals surface area contributed by atoms with Crippen LogP contribution in [-0.2, 0) is 0 Å². The Morgan fingerprint density at radius 2 is 1.25 bits per heavy atom. The van der Waals surface area contributed by atoms with Crippen LogP contribution in [0.2, 0.25) is 0 Å². The van der Waals surface area contributed by atoms with Gasteiger partial charge in [0.25, 0.3) is 0 Å². The van der Waals surface area contributed by atoms with E-state index < -0.39 is 0 Å². The van der Waals surface area contributed by atoms with Gasteiger partial charge in [0.1, 0.15) is 0 Å². The molecule has 0 N–H and O–H groups in total. The second-order valence-corrected chi connectivity index (χ2v) is 0.854. The SMILES string of the molecule is Cl.Cl.Cl.[CH2]CCC.[Sn]. The molecule has 5 radical (unpaired) electrons. The molecule has 0 saturated carbocycles. The van der Waals surface area contributed by atoms with Gasteiger partial charge in [-0.05, 0) is 0 Å². The van der Waals surface area contributed by atoms with Gasteiger partial charge in [-0.15, -0.1) is 37.2 Å². The quantitative estimate of drug-likeness (QED) is 0.649. The molecular formula is C4H12Cl3Sn. The van der Waals surface area contributed by atoms with Crippen molar-refractivity contribution in [3.05, 3.63) is 6.92 Å². The zero-order chi connectivity index (χ0) is 3.41. The zero-order valence-electron chi connectivity index (χ0n) is 4.85. The van der Waals surface area contributed by atoms with Crippen LogP contribution in [-0.4, -0.2) is 23.9 Å². The molecule has 0 saturated heterocycles. The van der Waals surface area contributed by atoms with Crippen molar-refractivity contribution in [2.24, 2.45) is 0 Å². The summed E-state index contributed by atoms with van der Waals surface area (Å²) in [6, 6.07) is 0. The molecule has 0 nitrogen and oxygen atoms in total. The first-order valence-corrected chi connectivity index (χ1v) is 1.71. The third kappa shape index (κ3) is 47.9. The topological polar surface area (TPSA) is 0 Å². The molecule has 0 heterocycles. The fourth-order valence-corrected chi connectivity index (χ4v) is 0. The second-order valence-electron chi connectivity index (χ2n) is 0.854. The number of unbranched alkanes of at least 4 members (excludes halogenated alkanes) is 1. The van der Waals surface area contributed by atoms with Crippen molar-refractivity contribution in [3.8, 4) is 0 Å². The minimum Gasteiger partial charge on any atom is -0.147 e. The van der Waals surface area contributed by atoms with Gasteiger partial charge in [0.15, 0.2) is 0 Å². The van der Waals surface area contributed by atoms with Crippen LogP contribution in [0.4, 0.5) is 0 Å². The van der Waals surface area contributed by atoms with Crippen molar-refractivity contribution in [1.82, 2.24) is 0 Å².